The molecule has 2 aromatic heterocycles. The van der Waals surface area contributed by atoms with Gasteiger partial charge in [0, 0.05) is 54.5 Å². The van der Waals surface area contributed by atoms with E-state index in [4.69, 9.17) is 27.9 Å². The number of benzene rings is 2. The molecule has 2 aliphatic rings. The highest BCUT2D eigenvalue weighted by Gasteiger charge is 2.39. The quantitative estimate of drug-likeness (QED) is 0.227. The fraction of sp³-hybridized carbons (Fsp3) is 0.312. The molecule has 0 aliphatic carbocycles. The Morgan fingerprint density at radius 1 is 1.14 bits per heavy atom. The summed E-state index contributed by atoms with van der Waals surface area (Å²) in [6.07, 6.45) is 3.63. The molecule has 43 heavy (non-hydrogen) atoms. The van der Waals surface area contributed by atoms with Crippen LogP contribution in [0.1, 0.15) is 48.3 Å². The zero-order valence-electron chi connectivity index (χ0n) is 24.1. The van der Waals surface area contributed by atoms with E-state index < -0.39 is 5.82 Å². The number of halogens is 3. The number of nitrogens with one attached hydrogen (secondary N) is 1. The van der Waals surface area contributed by atoms with Crippen LogP contribution in [-0.4, -0.2) is 57.9 Å². The van der Waals surface area contributed by atoms with Gasteiger partial charge in [-0.05, 0) is 50.2 Å². The number of nitriles is 1. The molecule has 8 nitrogen and oxygen atoms in total. The number of likely N-dealkylation sites (N-methyl/N-ethyl adjacent to an activating group) is 1. The Morgan fingerprint density at radius 2 is 1.88 bits per heavy atom. The van der Waals surface area contributed by atoms with Gasteiger partial charge in [-0.15, -0.1) is 0 Å². The van der Waals surface area contributed by atoms with E-state index in [9.17, 15) is 10.1 Å². The van der Waals surface area contributed by atoms with E-state index in [0.29, 0.717) is 58.2 Å². The molecule has 2 bridgehead atoms. The Balaban J connectivity index is 0.00000180. The normalized spacial score (nSPS) is 17.7. The summed E-state index contributed by atoms with van der Waals surface area (Å²) in [5.41, 5.74) is 2.50. The van der Waals surface area contributed by atoms with Crippen LogP contribution in [0.15, 0.2) is 54.7 Å². The fourth-order valence-corrected chi connectivity index (χ4v) is 5.94. The van der Waals surface area contributed by atoms with Crippen molar-refractivity contribution in [1.82, 2.24) is 19.8 Å². The molecule has 6 rings (SSSR count). The number of likely N-dealkylation sites (tertiary alicyclic amines) is 1. The van der Waals surface area contributed by atoms with E-state index in [1.54, 1.807) is 36.4 Å². The number of rotatable bonds is 6. The van der Waals surface area contributed by atoms with E-state index in [2.05, 4.69) is 33.3 Å². The molecular weight excluding hydrogens is 590 g/mol. The first kappa shape index (κ1) is 30.5. The van der Waals surface area contributed by atoms with E-state index in [-0.39, 0.29) is 34.5 Å². The molecule has 1 N–H and O–H groups in total. The Labute approximate surface area is 260 Å². The summed E-state index contributed by atoms with van der Waals surface area (Å²) in [6.45, 7) is 5.42. The van der Waals surface area contributed by atoms with Crippen LogP contribution in [-0.2, 0) is 6.61 Å². The van der Waals surface area contributed by atoms with Crippen LogP contribution in [0.2, 0.25) is 10.2 Å². The van der Waals surface area contributed by atoms with Gasteiger partial charge in [0.05, 0.1) is 33.2 Å². The van der Waals surface area contributed by atoms with Gasteiger partial charge < -0.3 is 15.0 Å². The van der Waals surface area contributed by atoms with Gasteiger partial charge in [-0.25, -0.2) is 9.37 Å². The number of piperazine rings is 1. The van der Waals surface area contributed by atoms with Crippen molar-refractivity contribution in [3.63, 3.8) is 0 Å². The van der Waals surface area contributed by atoms with E-state index in [0.717, 1.165) is 12.8 Å². The molecule has 0 spiro atoms. The van der Waals surface area contributed by atoms with Crippen molar-refractivity contribution in [3.8, 4) is 11.8 Å². The van der Waals surface area contributed by atoms with Crippen molar-refractivity contribution in [2.24, 2.45) is 0 Å². The maximum absolute atomic E-state index is 15.0. The van der Waals surface area contributed by atoms with E-state index in [1.807, 2.05) is 18.7 Å². The standard InChI is InChI=1S/C30H25Cl2FN6O2.C2H6/c1-38-20-6-7-21(38)15-39(14-20)30(40)17-5-8-22-25(9-17)35-13-18(12-34)29(22)37-26-11-24(33)27(10-23(26)31)41-16-19-3-2-4-28(32)36-19;1-2/h2-5,8-11,13,20-21H,6-7,14-16H2,1H3,(H,35,37);1-2H3. The molecule has 4 heterocycles. The van der Waals surface area contributed by atoms with Crippen molar-refractivity contribution in [2.45, 2.75) is 45.4 Å². The maximum Gasteiger partial charge on any atom is 0.254 e. The van der Waals surface area contributed by atoms with Crippen molar-refractivity contribution < 1.29 is 13.9 Å². The number of carbonyl (C=O) groups is 1. The summed E-state index contributed by atoms with van der Waals surface area (Å²) in [7, 11) is 2.13. The molecule has 0 saturated carbocycles. The first-order valence-electron chi connectivity index (χ1n) is 14.1. The van der Waals surface area contributed by atoms with Gasteiger partial charge in [-0.1, -0.05) is 43.1 Å². The largest absolute Gasteiger partial charge is 0.484 e. The lowest BCUT2D eigenvalue weighted by atomic mass is 10.1. The van der Waals surface area contributed by atoms with Crippen LogP contribution < -0.4 is 10.1 Å². The van der Waals surface area contributed by atoms with Crippen molar-refractivity contribution in [2.75, 3.05) is 25.5 Å². The topological polar surface area (TPSA) is 94.4 Å². The Kier molecular flexibility index (Phi) is 9.31. The van der Waals surface area contributed by atoms with Crippen LogP contribution >= 0.6 is 23.2 Å². The first-order chi connectivity index (χ1) is 20.8. The number of nitrogens with zero attached hydrogens (tertiary/aromatic N) is 5. The minimum atomic E-state index is -0.648. The highest BCUT2D eigenvalue weighted by Crippen LogP contribution is 2.36. The van der Waals surface area contributed by atoms with E-state index in [1.165, 1.54) is 18.3 Å². The van der Waals surface area contributed by atoms with Gasteiger partial charge in [0.15, 0.2) is 11.6 Å². The number of anilines is 2. The van der Waals surface area contributed by atoms with Crippen LogP contribution in [0.3, 0.4) is 0 Å². The van der Waals surface area contributed by atoms with Gasteiger partial charge in [-0.2, -0.15) is 5.26 Å². The van der Waals surface area contributed by atoms with Gasteiger partial charge >= 0.3 is 0 Å². The molecule has 0 radical (unpaired) electrons. The summed E-state index contributed by atoms with van der Waals surface area (Å²) in [6, 6.07) is 15.8. The number of carbonyl (C=O) groups excluding carboxylic acids is 1. The number of aromatic nitrogens is 2. The molecule has 2 atom stereocenters. The highest BCUT2D eigenvalue weighted by molar-refractivity contribution is 6.33. The SMILES string of the molecule is CC.CN1C2CCC1CN(C(=O)c1ccc3c(Nc4cc(F)c(OCc5cccc(Cl)n5)cc4Cl)c(C#N)cnc3c1)C2. The highest BCUT2D eigenvalue weighted by atomic mass is 35.5. The number of ether oxygens (including phenoxy) is 1. The third-order valence-corrected chi connectivity index (χ3v) is 8.32. The molecular formula is C32H31Cl2FN6O2. The minimum absolute atomic E-state index is 0.00462. The molecule has 2 aliphatic heterocycles. The number of hydrogen-bond acceptors (Lipinski definition) is 7. The molecule has 4 aromatic rings. The number of fused-ring (bicyclic) bond motifs is 3. The molecule has 2 unspecified atom stereocenters. The molecule has 2 saturated heterocycles. The number of amides is 1. The third-order valence-electron chi connectivity index (χ3n) is 7.80. The molecule has 11 heteroatoms. The lowest BCUT2D eigenvalue weighted by Gasteiger charge is -2.38. The second-order valence-electron chi connectivity index (χ2n) is 10.3. The van der Waals surface area contributed by atoms with Gasteiger partial charge in [-0.3, -0.25) is 14.7 Å². The van der Waals surface area contributed by atoms with Gasteiger partial charge in [0.1, 0.15) is 17.8 Å². The van der Waals surface area contributed by atoms with Crippen LogP contribution in [0.4, 0.5) is 15.8 Å². The second kappa shape index (κ2) is 13.1. The van der Waals surface area contributed by atoms with Crippen LogP contribution in [0.25, 0.3) is 10.9 Å². The fourth-order valence-electron chi connectivity index (χ4n) is 5.56. The van der Waals surface area contributed by atoms with Gasteiger partial charge in [0.2, 0.25) is 0 Å². The van der Waals surface area contributed by atoms with Crippen LogP contribution in [0.5, 0.6) is 5.75 Å². The molecule has 2 fully saturated rings. The third kappa shape index (κ3) is 6.37. The van der Waals surface area contributed by atoms with Crippen LogP contribution in [0, 0.1) is 17.1 Å². The summed E-state index contributed by atoms with van der Waals surface area (Å²) >= 11 is 12.4. The Bertz CT molecular complexity index is 1700. The Hall–Kier alpha value is -3.97. The number of hydrogen-bond donors (Lipinski definition) is 1. The van der Waals surface area contributed by atoms with Crippen molar-refractivity contribution in [1.29, 1.82) is 5.26 Å². The smallest absolute Gasteiger partial charge is 0.254 e. The zero-order valence-corrected chi connectivity index (χ0v) is 25.6. The van der Waals surface area contributed by atoms with Gasteiger partial charge in [0.25, 0.3) is 5.91 Å². The average molecular weight is 622 g/mol. The average Bonchev–Trinajstić information content (AvgIpc) is 3.21. The monoisotopic (exact) mass is 620 g/mol. The summed E-state index contributed by atoms with van der Waals surface area (Å²) in [4.78, 5) is 26.2. The molecule has 1 amide bonds. The van der Waals surface area contributed by atoms with Crippen molar-refractivity contribution in [3.05, 3.63) is 87.5 Å². The second-order valence-corrected chi connectivity index (χ2v) is 11.1. The van der Waals surface area contributed by atoms with E-state index >= 15 is 4.39 Å². The first-order valence-corrected chi connectivity index (χ1v) is 14.9. The summed E-state index contributed by atoms with van der Waals surface area (Å²) in [5, 5.41) is 14.0. The number of pyridine rings is 2. The Morgan fingerprint density at radius 3 is 2.58 bits per heavy atom. The summed E-state index contributed by atoms with van der Waals surface area (Å²) < 4.78 is 20.6. The lowest BCUT2D eigenvalue weighted by Crippen LogP contribution is -2.53. The molecule has 222 valence electrons. The van der Waals surface area contributed by atoms with Crippen molar-refractivity contribution >= 4 is 51.4 Å². The minimum Gasteiger partial charge on any atom is -0.484 e. The summed E-state index contributed by atoms with van der Waals surface area (Å²) in [5.74, 6) is -0.737. The maximum atomic E-state index is 15.0. The predicted octanol–water partition coefficient (Wildman–Crippen LogP) is 7.21. The molecule has 2 aromatic carbocycles. The lowest BCUT2D eigenvalue weighted by molar-refractivity contribution is 0.0524. The predicted molar refractivity (Wildman–Crippen MR) is 167 cm³/mol. The zero-order chi connectivity index (χ0) is 30.7.